The Labute approximate surface area is 164 Å². The zero-order valence-corrected chi connectivity index (χ0v) is 18.5. The summed E-state index contributed by atoms with van der Waals surface area (Å²) in [5, 5.41) is 8.15. The van der Waals surface area contributed by atoms with Crippen molar-refractivity contribution in [2.45, 2.75) is 91.8 Å². The monoisotopic (exact) mass is 388 g/mol. The van der Waals surface area contributed by atoms with E-state index in [9.17, 15) is 14.4 Å². The van der Waals surface area contributed by atoms with Crippen LogP contribution in [0.5, 0.6) is 0 Å². The second-order valence-corrected chi connectivity index (χ2v) is 9.31. The summed E-state index contributed by atoms with van der Waals surface area (Å²) in [6.45, 7) is 17.6. The minimum absolute atomic E-state index is 0.0231. The first-order valence-corrected chi connectivity index (χ1v) is 9.24. The van der Waals surface area contributed by atoms with Crippen molar-refractivity contribution in [1.29, 1.82) is 0 Å². The van der Waals surface area contributed by atoms with Gasteiger partial charge in [0.15, 0.2) is 0 Å². The molecule has 160 valence electrons. The molecule has 0 saturated heterocycles. The van der Waals surface area contributed by atoms with Gasteiger partial charge in [-0.05, 0) is 62.3 Å². The molecular formula is C19H40N4O4. The molecule has 8 heteroatoms. The first-order valence-electron chi connectivity index (χ1n) is 9.24. The molecule has 0 radical (unpaired) electrons. The summed E-state index contributed by atoms with van der Waals surface area (Å²) in [6, 6.07) is 0. The van der Waals surface area contributed by atoms with Crippen LogP contribution in [-0.4, -0.2) is 47.7 Å². The van der Waals surface area contributed by atoms with E-state index in [1.165, 1.54) is 0 Å². The quantitative estimate of drug-likeness (QED) is 0.574. The van der Waals surface area contributed by atoms with Crippen molar-refractivity contribution in [3.63, 3.8) is 0 Å². The third-order valence-corrected chi connectivity index (χ3v) is 2.42. The lowest BCUT2D eigenvalue weighted by atomic mass is 10.1. The number of nitrogens with one attached hydrogen (secondary N) is 3. The molecule has 27 heavy (non-hydrogen) atoms. The van der Waals surface area contributed by atoms with Crippen LogP contribution < -0.4 is 21.7 Å². The fourth-order valence-corrected chi connectivity index (χ4v) is 1.68. The van der Waals surface area contributed by atoms with Crippen molar-refractivity contribution in [3.05, 3.63) is 0 Å². The third kappa shape index (κ3) is 24.2. The highest BCUT2D eigenvalue weighted by Crippen LogP contribution is 2.06. The zero-order valence-electron chi connectivity index (χ0n) is 18.5. The molecule has 0 unspecified atom stereocenters. The molecule has 8 nitrogen and oxygen atoms in total. The maximum absolute atomic E-state index is 11.4. The van der Waals surface area contributed by atoms with Crippen molar-refractivity contribution >= 4 is 17.9 Å². The van der Waals surface area contributed by atoms with Crippen LogP contribution in [0.4, 0.5) is 4.79 Å². The largest absolute Gasteiger partial charge is 0.444 e. The lowest BCUT2D eigenvalue weighted by Crippen LogP contribution is -2.42. The van der Waals surface area contributed by atoms with Crippen molar-refractivity contribution in [2.24, 2.45) is 5.73 Å². The van der Waals surface area contributed by atoms with Crippen molar-refractivity contribution in [2.75, 3.05) is 13.1 Å². The average Bonchev–Trinajstić information content (AvgIpc) is 2.32. The van der Waals surface area contributed by atoms with Crippen LogP contribution in [0.1, 0.15) is 75.2 Å². The van der Waals surface area contributed by atoms with Gasteiger partial charge < -0.3 is 26.4 Å². The molecule has 0 aliphatic rings. The molecule has 0 saturated carbocycles. The van der Waals surface area contributed by atoms with Gasteiger partial charge in [-0.3, -0.25) is 9.59 Å². The normalized spacial score (nSPS) is 11.6. The van der Waals surface area contributed by atoms with Gasteiger partial charge in [-0.1, -0.05) is 0 Å². The highest BCUT2D eigenvalue weighted by molar-refractivity contribution is 5.77. The molecule has 0 rings (SSSR count). The van der Waals surface area contributed by atoms with E-state index in [2.05, 4.69) is 16.0 Å². The van der Waals surface area contributed by atoms with Gasteiger partial charge in [-0.25, -0.2) is 4.79 Å². The Morgan fingerprint density at radius 1 is 0.778 bits per heavy atom. The van der Waals surface area contributed by atoms with E-state index in [1.807, 2.05) is 41.5 Å². The predicted molar refractivity (Wildman–Crippen MR) is 108 cm³/mol. The fraction of sp³-hybridized carbons (Fsp3) is 0.842. The number of hydrogen-bond acceptors (Lipinski definition) is 5. The van der Waals surface area contributed by atoms with Crippen LogP contribution in [0, 0.1) is 0 Å². The smallest absolute Gasteiger partial charge is 0.407 e. The van der Waals surface area contributed by atoms with E-state index >= 15 is 0 Å². The van der Waals surface area contributed by atoms with Crippen LogP contribution in [0.25, 0.3) is 0 Å². The average molecular weight is 389 g/mol. The summed E-state index contributed by atoms with van der Waals surface area (Å²) >= 11 is 0. The Hall–Kier alpha value is -1.83. The number of rotatable bonds is 5. The van der Waals surface area contributed by atoms with Crippen molar-refractivity contribution in [1.82, 2.24) is 16.0 Å². The molecule has 5 N–H and O–H groups in total. The molecule has 3 amide bonds. The van der Waals surface area contributed by atoms with Crippen LogP contribution in [-0.2, 0) is 14.3 Å². The number of hydrogen-bond donors (Lipinski definition) is 4. The second kappa shape index (κ2) is 11.8. The first kappa shape index (κ1) is 27.4. The summed E-state index contributed by atoms with van der Waals surface area (Å²) in [6.07, 6.45) is 0.161. The van der Waals surface area contributed by atoms with Crippen molar-refractivity contribution < 1.29 is 19.1 Å². The van der Waals surface area contributed by atoms with Crippen LogP contribution in [0.3, 0.4) is 0 Å². The van der Waals surface area contributed by atoms with E-state index in [1.54, 1.807) is 20.8 Å². The van der Waals surface area contributed by atoms with Crippen LogP contribution in [0.15, 0.2) is 0 Å². The van der Waals surface area contributed by atoms with E-state index in [4.69, 9.17) is 10.5 Å². The second-order valence-electron chi connectivity index (χ2n) is 9.31. The highest BCUT2D eigenvalue weighted by Gasteiger charge is 2.17. The van der Waals surface area contributed by atoms with E-state index in [0.29, 0.717) is 13.0 Å². The molecule has 0 aromatic rings. The maximum Gasteiger partial charge on any atom is 0.407 e. The maximum atomic E-state index is 11.4. The minimum atomic E-state index is -0.516. The minimum Gasteiger partial charge on any atom is -0.444 e. The molecule has 0 bridgehead atoms. The zero-order chi connectivity index (χ0) is 21.9. The number of carbonyl (C=O) groups is 3. The van der Waals surface area contributed by atoms with E-state index in [0.717, 1.165) is 0 Å². The standard InChI is InChI=1S/C12H24N2O3.C7H16N2O/c1-11(2,3)14-9(15)7-8-13-10(16)17-12(4,5)6;1-7(2,3)9-6(10)4-5-8/h7-8H2,1-6H3,(H,13,16)(H,14,15);4-5,8H2,1-3H3,(H,9,10). The summed E-state index contributed by atoms with van der Waals surface area (Å²) < 4.78 is 5.04. The molecule has 0 aliphatic carbocycles. The predicted octanol–water partition coefficient (Wildman–Crippen LogP) is 2.07. The van der Waals surface area contributed by atoms with Gasteiger partial charge in [-0.2, -0.15) is 0 Å². The van der Waals surface area contributed by atoms with E-state index in [-0.39, 0.29) is 35.9 Å². The summed E-state index contributed by atoms with van der Waals surface area (Å²) in [7, 11) is 0. The molecule has 0 aromatic heterocycles. The van der Waals surface area contributed by atoms with Gasteiger partial charge in [-0.15, -0.1) is 0 Å². The number of amides is 3. The lowest BCUT2D eigenvalue weighted by molar-refractivity contribution is -0.123. The summed E-state index contributed by atoms with van der Waals surface area (Å²) in [5.74, 6) is -0.0661. The van der Waals surface area contributed by atoms with Crippen LogP contribution >= 0.6 is 0 Å². The third-order valence-electron chi connectivity index (χ3n) is 2.42. The lowest BCUT2D eigenvalue weighted by Gasteiger charge is -2.21. The number of nitrogens with two attached hydrogens (primary N) is 1. The molecule has 0 spiro atoms. The highest BCUT2D eigenvalue weighted by atomic mass is 16.6. The molecule has 0 aromatic carbocycles. The Balaban J connectivity index is 0. The number of ether oxygens (including phenoxy) is 1. The Morgan fingerprint density at radius 3 is 1.52 bits per heavy atom. The van der Waals surface area contributed by atoms with Crippen molar-refractivity contribution in [3.8, 4) is 0 Å². The van der Waals surface area contributed by atoms with Gasteiger partial charge in [0.25, 0.3) is 0 Å². The Bertz CT molecular complexity index is 444. The molecular weight excluding hydrogens is 348 g/mol. The molecule has 0 fully saturated rings. The van der Waals surface area contributed by atoms with Gasteiger partial charge >= 0.3 is 6.09 Å². The summed E-state index contributed by atoms with van der Waals surface area (Å²) in [4.78, 5) is 33.6. The molecule has 0 atom stereocenters. The molecule has 0 heterocycles. The van der Waals surface area contributed by atoms with Gasteiger partial charge in [0.1, 0.15) is 5.60 Å². The Kier molecular flexibility index (Phi) is 12.0. The number of carbonyl (C=O) groups excluding carboxylic acids is 3. The van der Waals surface area contributed by atoms with Gasteiger partial charge in [0, 0.05) is 37.0 Å². The van der Waals surface area contributed by atoms with Gasteiger partial charge in [0.05, 0.1) is 0 Å². The number of alkyl carbamates (subject to hydrolysis) is 1. The summed E-state index contributed by atoms with van der Waals surface area (Å²) in [5.41, 5.74) is 4.29. The molecule has 0 aliphatic heterocycles. The van der Waals surface area contributed by atoms with Crippen LogP contribution in [0.2, 0.25) is 0 Å². The van der Waals surface area contributed by atoms with Gasteiger partial charge in [0.2, 0.25) is 11.8 Å². The Morgan fingerprint density at radius 2 is 1.19 bits per heavy atom. The van der Waals surface area contributed by atoms with E-state index < -0.39 is 11.7 Å². The fourth-order valence-electron chi connectivity index (χ4n) is 1.68. The first-order chi connectivity index (χ1) is 11.9. The topological polar surface area (TPSA) is 123 Å². The SMILES string of the molecule is CC(C)(C)NC(=O)CCN.CC(C)(C)NC(=O)CCNC(=O)OC(C)(C)C.